The van der Waals surface area contributed by atoms with E-state index in [1.165, 1.54) is 6.07 Å². The third-order valence-electron chi connectivity index (χ3n) is 3.82. The van der Waals surface area contributed by atoms with Gasteiger partial charge in [0.05, 0.1) is 12.1 Å². The predicted molar refractivity (Wildman–Crippen MR) is 82.1 cm³/mol. The highest BCUT2D eigenvalue weighted by molar-refractivity contribution is 5.38. The smallest absolute Gasteiger partial charge is 0.126 e. The van der Waals surface area contributed by atoms with E-state index in [0.717, 1.165) is 29.7 Å². The fraction of sp³-hybridized carbons (Fsp3) is 0.333. The van der Waals surface area contributed by atoms with Gasteiger partial charge in [0.25, 0.3) is 0 Å². The summed E-state index contributed by atoms with van der Waals surface area (Å²) in [6.45, 7) is 1.79. The van der Waals surface area contributed by atoms with Crippen LogP contribution in [0.1, 0.15) is 35.6 Å². The van der Waals surface area contributed by atoms with Crippen molar-refractivity contribution in [2.75, 3.05) is 7.05 Å². The normalized spacial score (nSPS) is 15.8. The van der Waals surface area contributed by atoms with Gasteiger partial charge in [-0.05, 0) is 61.7 Å². The lowest BCUT2D eigenvalue weighted by Gasteiger charge is -2.19. The Labute approximate surface area is 125 Å². The summed E-state index contributed by atoms with van der Waals surface area (Å²) in [5, 5.41) is 3.30. The molecule has 0 aromatic heterocycles. The van der Waals surface area contributed by atoms with Gasteiger partial charge in [0, 0.05) is 0 Å². The maximum Gasteiger partial charge on any atom is 0.126 e. The Hall–Kier alpha value is -1.87. The number of rotatable bonds is 5. The molecule has 0 saturated heterocycles. The van der Waals surface area contributed by atoms with Gasteiger partial charge in [-0.15, -0.1) is 0 Å². The van der Waals surface area contributed by atoms with E-state index in [-0.39, 0.29) is 11.9 Å². The van der Waals surface area contributed by atoms with E-state index in [2.05, 4.69) is 17.4 Å². The molecule has 1 saturated carbocycles. The van der Waals surface area contributed by atoms with Crippen LogP contribution in [0.3, 0.4) is 0 Å². The van der Waals surface area contributed by atoms with Gasteiger partial charge in [-0.25, -0.2) is 4.39 Å². The van der Waals surface area contributed by atoms with Crippen LogP contribution in [-0.2, 0) is 0 Å². The van der Waals surface area contributed by atoms with E-state index in [9.17, 15) is 4.39 Å². The van der Waals surface area contributed by atoms with Crippen LogP contribution in [0, 0.1) is 12.7 Å². The highest BCUT2D eigenvalue weighted by Crippen LogP contribution is 2.30. The van der Waals surface area contributed by atoms with Gasteiger partial charge in [-0.3, -0.25) is 0 Å². The summed E-state index contributed by atoms with van der Waals surface area (Å²) in [5.41, 5.74) is 2.85. The fourth-order valence-electron chi connectivity index (χ4n) is 2.52. The highest BCUT2D eigenvalue weighted by atomic mass is 19.1. The standard InChI is InChI=1S/C18H20FNO/c1-12-10-14(6-9-17(12)19)18(20-2)13-4-3-5-16(11-13)21-15-7-8-15/h3-6,9-11,15,18,20H,7-8H2,1-2H3. The zero-order valence-electron chi connectivity index (χ0n) is 12.4. The van der Waals surface area contributed by atoms with Crippen molar-refractivity contribution < 1.29 is 9.13 Å². The van der Waals surface area contributed by atoms with Crippen LogP contribution in [0.5, 0.6) is 5.75 Å². The first-order valence-electron chi connectivity index (χ1n) is 7.37. The van der Waals surface area contributed by atoms with Crippen LogP contribution in [0.2, 0.25) is 0 Å². The minimum Gasteiger partial charge on any atom is -0.490 e. The van der Waals surface area contributed by atoms with E-state index in [1.807, 2.05) is 31.3 Å². The number of hydrogen-bond acceptors (Lipinski definition) is 2. The largest absolute Gasteiger partial charge is 0.490 e. The van der Waals surface area contributed by atoms with Gasteiger partial charge in [0.1, 0.15) is 11.6 Å². The maximum absolute atomic E-state index is 13.4. The lowest BCUT2D eigenvalue weighted by Crippen LogP contribution is -2.18. The van der Waals surface area contributed by atoms with Crippen molar-refractivity contribution in [1.29, 1.82) is 0 Å². The first-order chi connectivity index (χ1) is 10.2. The monoisotopic (exact) mass is 285 g/mol. The Bertz CT molecular complexity index is 637. The molecule has 2 nitrogen and oxygen atoms in total. The van der Waals surface area contributed by atoms with Gasteiger partial charge in [0.15, 0.2) is 0 Å². The van der Waals surface area contributed by atoms with Crippen LogP contribution in [0.25, 0.3) is 0 Å². The fourth-order valence-corrected chi connectivity index (χ4v) is 2.52. The Morgan fingerprint density at radius 3 is 2.57 bits per heavy atom. The highest BCUT2D eigenvalue weighted by Gasteiger charge is 2.23. The van der Waals surface area contributed by atoms with Crippen molar-refractivity contribution in [2.24, 2.45) is 0 Å². The molecule has 2 aromatic rings. The Balaban J connectivity index is 1.89. The van der Waals surface area contributed by atoms with Crippen molar-refractivity contribution in [1.82, 2.24) is 5.32 Å². The number of benzene rings is 2. The lowest BCUT2D eigenvalue weighted by atomic mass is 9.97. The third-order valence-corrected chi connectivity index (χ3v) is 3.82. The van der Waals surface area contributed by atoms with E-state index >= 15 is 0 Å². The molecule has 0 aliphatic heterocycles. The summed E-state index contributed by atoms with van der Waals surface area (Å²) < 4.78 is 19.3. The number of aryl methyl sites for hydroxylation is 1. The van der Waals surface area contributed by atoms with Crippen LogP contribution < -0.4 is 10.1 Å². The molecular formula is C18H20FNO. The molecule has 1 atom stereocenters. The van der Waals surface area contributed by atoms with Gasteiger partial charge in [-0.1, -0.05) is 24.3 Å². The van der Waals surface area contributed by atoms with Crippen molar-refractivity contribution in [3.8, 4) is 5.75 Å². The van der Waals surface area contributed by atoms with E-state index < -0.39 is 0 Å². The Morgan fingerprint density at radius 1 is 1.14 bits per heavy atom. The maximum atomic E-state index is 13.4. The summed E-state index contributed by atoms with van der Waals surface area (Å²) in [6.07, 6.45) is 2.69. The quantitative estimate of drug-likeness (QED) is 0.897. The number of nitrogens with one attached hydrogen (secondary N) is 1. The number of halogens is 1. The van der Waals surface area contributed by atoms with Crippen molar-refractivity contribution in [3.05, 3.63) is 65.0 Å². The number of ether oxygens (including phenoxy) is 1. The van der Waals surface area contributed by atoms with Crippen LogP contribution in [0.4, 0.5) is 4.39 Å². The second-order valence-corrected chi connectivity index (χ2v) is 5.62. The summed E-state index contributed by atoms with van der Waals surface area (Å²) in [4.78, 5) is 0. The number of hydrogen-bond donors (Lipinski definition) is 1. The van der Waals surface area contributed by atoms with E-state index in [0.29, 0.717) is 11.7 Å². The topological polar surface area (TPSA) is 21.3 Å². The SMILES string of the molecule is CNC(c1cccc(OC2CC2)c1)c1ccc(F)c(C)c1. The summed E-state index contributed by atoms with van der Waals surface area (Å²) in [7, 11) is 1.91. The van der Waals surface area contributed by atoms with Gasteiger partial charge in [0.2, 0.25) is 0 Å². The predicted octanol–water partition coefficient (Wildman–Crippen LogP) is 3.98. The third kappa shape index (κ3) is 3.24. The molecule has 1 fully saturated rings. The Kier molecular flexibility index (Phi) is 3.93. The molecule has 2 aromatic carbocycles. The average molecular weight is 285 g/mol. The minimum absolute atomic E-state index is 0.0343. The average Bonchev–Trinajstić information content (AvgIpc) is 3.28. The molecule has 0 spiro atoms. The molecule has 1 N–H and O–H groups in total. The first kappa shape index (κ1) is 14.1. The minimum atomic E-state index is -0.167. The van der Waals surface area contributed by atoms with Gasteiger partial charge >= 0.3 is 0 Å². The van der Waals surface area contributed by atoms with Crippen LogP contribution in [-0.4, -0.2) is 13.2 Å². The van der Waals surface area contributed by atoms with Gasteiger partial charge < -0.3 is 10.1 Å². The molecule has 0 radical (unpaired) electrons. The summed E-state index contributed by atoms with van der Waals surface area (Å²) in [6, 6.07) is 13.4. The molecular weight excluding hydrogens is 265 g/mol. The van der Waals surface area contributed by atoms with E-state index in [4.69, 9.17) is 4.74 Å². The van der Waals surface area contributed by atoms with Crippen molar-refractivity contribution >= 4 is 0 Å². The van der Waals surface area contributed by atoms with Crippen molar-refractivity contribution in [3.63, 3.8) is 0 Å². The summed E-state index contributed by atoms with van der Waals surface area (Å²) >= 11 is 0. The second kappa shape index (κ2) is 5.86. The molecule has 3 heteroatoms. The molecule has 1 unspecified atom stereocenters. The van der Waals surface area contributed by atoms with Crippen LogP contribution >= 0.6 is 0 Å². The van der Waals surface area contributed by atoms with Crippen LogP contribution in [0.15, 0.2) is 42.5 Å². The van der Waals surface area contributed by atoms with Crippen molar-refractivity contribution in [2.45, 2.75) is 31.9 Å². The molecule has 21 heavy (non-hydrogen) atoms. The zero-order valence-corrected chi connectivity index (χ0v) is 12.4. The molecule has 3 rings (SSSR count). The summed E-state index contributed by atoms with van der Waals surface area (Å²) in [5.74, 6) is 0.744. The zero-order chi connectivity index (χ0) is 14.8. The lowest BCUT2D eigenvalue weighted by molar-refractivity contribution is 0.302. The molecule has 0 bridgehead atoms. The molecule has 0 heterocycles. The first-order valence-corrected chi connectivity index (χ1v) is 7.37. The molecule has 1 aliphatic rings. The Morgan fingerprint density at radius 2 is 1.90 bits per heavy atom. The second-order valence-electron chi connectivity index (χ2n) is 5.62. The molecule has 0 amide bonds. The molecule has 1 aliphatic carbocycles. The van der Waals surface area contributed by atoms with Gasteiger partial charge in [-0.2, -0.15) is 0 Å². The van der Waals surface area contributed by atoms with E-state index in [1.54, 1.807) is 6.92 Å². The molecule has 110 valence electrons.